The second kappa shape index (κ2) is 13.6. The topological polar surface area (TPSA) is 115 Å². The van der Waals surface area contributed by atoms with Crippen LogP contribution in [0, 0.1) is 5.92 Å². The fraction of sp³-hybridized carbons (Fsp3) is 0.500. The lowest BCUT2D eigenvalue weighted by molar-refractivity contribution is -0.131. The van der Waals surface area contributed by atoms with Crippen LogP contribution >= 0.6 is 0 Å². The maximum Gasteiger partial charge on any atom is 0.247 e. The number of nitrogens with one attached hydrogen (secondary N) is 1. The Balaban J connectivity index is 0.00000207. The molecule has 43 heavy (non-hydrogen) atoms. The van der Waals surface area contributed by atoms with Crippen molar-refractivity contribution in [1.82, 2.24) is 10.2 Å². The average molecular weight is 591 g/mol. The predicted molar refractivity (Wildman–Crippen MR) is 169 cm³/mol. The summed E-state index contributed by atoms with van der Waals surface area (Å²) in [7, 11) is 1.61. The van der Waals surface area contributed by atoms with Crippen LogP contribution in [0.4, 0.5) is 0 Å². The molecule has 9 heteroatoms. The summed E-state index contributed by atoms with van der Waals surface area (Å²) in [5.74, 6) is 1.01. The summed E-state index contributed by atoms with van der Waals surface area (Å²) in [5.41, 5.74) is 9.07. The Hall–Kier alpha value is -3.85. The van der Waals surface area contributed by atoms with Crippen molar-refractivity contribution in [3.8, 4) is 5.75 Å². The molecular formula is C34H46N4O5. The van der Waals surface area contributed by atoms with E-state index in [1.165, 1.54) is 0 Å². The van der Waals surface area contributed by atoms with E-state index in [2.05, 4.69) is 30.1 Å². The van der Waals surface area contributed by atoms with E-state index >= 15 is 0 Å². The molecule has 0 aromatic heterocycles. The molecule has 9 nitrogen and oxygen atoms in total. The van der Waals surface area contributed by atoms with Crippen LogP contribution < -0.4 is 15.8 Å². The van der Waals surface area contributed by atoms with Crippen LogP contribution in [0.15, 0.2) is 64.9 Å². The fourth-order valence-corrected chi connectivity index (χ4v) is 6.03. The molecule has 1 aromatic rings. The van der Waals surface area contributed by atoms with Crippen molar-refractivity contribution in [1.29, 1.82) is 0 Å². The molecular weight excluding hydrogens is 544 g/mol. The quantitative estimate of drug-likeness (QED) is 0.489. The molecule has 1 aromatic carbocycles. The highest BCUT2D eigenvalue weighted by atomic mass is 16.5. The lowest BCUT2D eigenvalue weighted by Crippen LogP contribution is -2.57. The van der Waals surface area contributed by atoms with Crippen molar-refractivity contribution in [3.63, 3.8) is 0 Å². The molecule has 0 saturated carbocycles. The molecule has 5 aliphatic rings. The molecule has 232 valence electrons. The first-order valence-electron chi connectivity index (χ1n) is 15.2. The number of benzene rings is 1. The van der Waals surface area contributed by atoms with Gasteiger partial charge < -0.3 is 25.3 Å². The zero-order valence-corrected chi connectivity index (χ0v) is 26.3. The number of allylic oxidation sites excluding steroid dienone is 3. The summed E-state index contributed by atoms with van der Waals surface area (Å²) in [6.45, 7) is 14.8. The molecule has 5 heterocycles. The number of ether oxygens (including phenoxy) is 3. The predicted octanol–water partition coefficient (Wildman–Crippen LogP) is 5.20. The first kappa shape index (κ1) is 32.1. The average Bonchev–Trinajstić information content (AvgIpc) is 2.96. The molecule has 4 atom stereocenters. The Morgan fingerprint density at radius 2 is 2.00 bits per heavy atom. The SMILES string of the molecule is C=C1/C2=C\C=C(/C)C(=O)NC3CC(C)(C)Oc4ccc(cc43)/C=C\CCC3CC(=O)N(C(N)=N3)C1C(COC)CO2.CC. The van der Waals surface area contributed by atoms with Gasteiger partial charge in [-0.2, -0.15) is 0 Å². The van der Waals surface area contributed by atoms with E-state index < -0.39 is 11.6 Å². The number of methoxy groups -OCH3 is 1. The third-order valence-corrected chi connectivity index (χ3v) is 8.09. The minimum Gasteiger partial charge on any atom is -0.493 e. The van der Waals surface area contributed by atoms with Crippen molar-refractivity contribution in [2.45, 2.75) is 84.0 Å². The Morgan fingerprint density at radius 3 is 2.72 bits per heavy atom. The molecule has 3 N–H and O–H groups in total. The molecule has 4 unspecified atom stereocenters. The van der Waals surface area contributed by atoms with Gasteiger partial charge in [0.15, 0.2) is 5.96 Å². The van der Waals surface area contributed by atoms with Crippen LogP contribution in [0.5, 0.6) is 5.75 Å². The number of amides is 2. The van der Waals surface area contributed by atoms with E-state index in [4.69, 9.17) is 24.9 Å². The van der Waals surface area contributed by atoms with Crippen LogP contribution in [0.25, 0.3) is 6.08 Å². The Labute approximate surface area is 255 Å². The van der Waals surface area contributed by atoms with Crippen molar-refractivity contribution in [3.05, 3.63) is 71.0 Å². The van der Waals surface area contributed by atoms with Crippen LogP contribution in [0.3, 0.4) is 0 Å². The van der Waals surface area contributed by atoms with Gasteiger partial charge >= 0.3 is 0 Å². The smallest absolute Gasteiger partial charge is 0.247 e. The summed E-state index contributed by atoms with van der Waals surface area (Å²) in [6, 6.07) is 5.19. The number of carbonyl (C=O) groups excluding carboxylic acids is 2. The van der Waals surface area contributed by atoms with E-state index in [1.807, 2.05) is 39.8 Å². The highest BCUT2D eigenvalue weighted by molar-refractivity contribution is 5.99. The summed E-state index contributed by atoms with van der Waals surface area (Å²) in [6.07, 6.45) is 9.94. The summed E-state index contributed by atoms with van der Waals surface area (Å²) < 4.78 is 17.7. The number of fused-ring (bicyclic) bond motifs is 6. The Bertz CT molecular complexity index is 1360. The van der Waals surface area contributed by atoms with Crippen LogP contribution in [-0.4, -0.2) is 60.7 Å². The number of nitrogens with two attached hydrogens (primary N) is 1. The Morgan fingerprint density at radius 1 is 1.23 bits per heavy atom. The highest BCUT2D eigenvalue weighted by Gasteiger charge is 2.42. The fourth-order valence-electron chi connectivity index (χ4n) is 6.03. The van der Waals surface area contributed by atoms with Crippen LogP contribution in [0.2, 0.25) is 0 Å². The molecule has 6 bridgehead atoms. The number of rotatable bonds is 2. The van der Waals surface area contributed by atoms with Gasteiger partial charge in [0.1, 0.15) is 17.1 Å². The molecule has 1 fully saturated rings. The van der Waals surface area contributed by atoms with E-state index in [9.17, 15) is 9.59 Å². The van der Waals surface area contributed by atoms with Gasteiger partial charge in [-0.3, -0.25) is 14.5 Å². The number of hydrogen-bond donors (Lipinski definition) is 2. The molecule has 6 rings (SSSR count). The van der Waals surface area contributed by atoms with Crippen molar-refractivity contribution < 1.29 is 23.8 Å². The molecule has 2 amide bonds. The standard InChI is InChI=1S/C32H40N4O5.C2H6/c1-19-10-12-26-20(2)29(22(17-39-5)18-40-26)36-28(37)15-23(34-31(36)33)9-7-6-8-21-11-13-27-24(14-21)25(35-30(19)38)16-32(3,4)41-27;1-2/h6,8,10-14,22-23,25,29H,2,7,9,15-18H2,1,3-5H3,(H2,33,34)(H,35,38);1-2H3/b8-6-,19-10+,26-12+;. The van der Waals surface area contributed by atoms with Gasteiger partial charge in [0.25, 0.3) is 0 Å². The third kappa shape index (κ3) is 7.21. The van der Waals surface area contributed by atoms with Crippen molar-refractivity contribution >= 4 is 23.8 Å². The van der Waals surface area contributed by atoms with Crippen molar-refractivity contribution in [2.75, 3.05) is 20.3 Å². The van der Waals surface area contributed by atoms with E-state index in [1.54, 1.807) is 31.1 Å². The molecule has 0 radical (unpaired) electrons. The van der Waals surface area contributed by atoms with Gasteiger partial charge in [-0.15, -0.1) is 0 Å². The monoisotopic (exact) mass is 590 g/mol. The number of carbonyl (C=O) groups is 2. The van der Waals surface area contributed by atoms with Crippen LogP contribution in [0.1, 0.15) is 77.5 Å². The van der Waals surface area contributed by atoms with Gasteiger partial charge in [-0.05, 0) is 57.4 Å². The summed E-state index contributed by atoms with van der Waals surface area (Å²) in [5, 5.41) is 3.21. The second-order valence-electron chi connectivity index (χ2n) is 11.9. The zero-order valence-electron chi connectivity index (χ0n) is 26.3. The normalized spacial score (nSPS) is 30.0. The van der Waals surface area contributed by atoms with Crippen molar-refractivity contribution in [2.24, 2.45) is 16.6 Å². The third-order valence-electron chi connectivity index (χ3n) is 8.09. The largest absolute Gasteiger partial charge is 0.493 e. The minimum absolute atomic E-state index is 0.0934. The zero-order chi connectivity index (χ0) is 31.3. The molecule has 0 spiro atoms. The van der Waals surface area contributed by atoms with Gasteiger partial charge in [0, 0.05) is 42.6 Å². The number of guanidine groups is 1. The van der Waals surface area contributed by atoms with E-state index in [-0.39, 0.29) is 42.2 Å². The van der Waals surface area contributed by atoms with Gasteiger partial charge in [-0.25, -0.2) is 4.99 Å². The number of nitrogens with zero attached hydrogens (tertiary/aromatic N) is 2. The van der Waals surface area contributed by atoms with E-state index in [0.29, 0.717) is 43.0 Å². The van der Waals surface area contributed by atoms with Gasteiger partial charge in [0.05, 0.1) is 31.3 Å². The van der Waals surface area contributed by atoms with Gasteiger partial charge in [-0.1, -0.05) is 44.7 Å². The molecule has 1 saturated heterocycles. The number of hydrogen-bond acceptors (Lipinski definition) is 7. The first-order valence-corrected chi connectivity index (χ1v) is 15.2. The van der Waals surface area contributed by atoms with E-state index in [0.717, 1.165) is 23.3 Å². The number of aliphatic imine (C=N–C) groups is 1. The second-order valence-corrected chi connectivity index (χ2v) is 11.9. The summed E-state index contributed by atoms with van der Waals surface area (Å²) >= 11 is 0. The maximum atomic E-state index is 13.4. The molecule has 0 aliphatic carbocycles. The highest BCUT2D eigenvalue weighted by Crippen LogP contribution is 2.40. The summed E-state index contributed by atoms with van der Waals surface area (Å²) in [4.78, 5) is 33.0. The maximum absolute atomic E-state index is 13.4. The van der Waals surface area contributed by atoms with Gasteiger partial charge in [0.2, 0.25) is 11.8 Å². The van der Waals surface area contributed by atoms with Crippen LogP contribution in [-0.2, 0) is 19.1 Å². The first-order chi connectivity index (χ1) is 20.6. The lowest BCUT2D eigenvalue weighted by atomic mass is 9.88. The Kier molecular flexibility index (Phi) is 10.2. The molecule has 5 aliphatic heterocycles. The lowest BCUT2D eigenvalue weighted by Gasteiger charge is -2.43. The minimum atomic E-state index is -0.465.